The lowest BCUT2D eigenvalue weighted by atomic mass is 9.86. The Morgan fingerprint density at radius 2 is 2.04 bits per heavy atom. The summed E-state index contributed by atoms with van der Waals surface area (Å²) in [6.45, 7) is 3.94. The van der Waals surface area contributed by atoms with Gasteiger partial charge in [-0.3, -0.25) is 9.59 Å². The summed E-state index contributed by atoms with van der Waals surface area (Å²) in [5.41, 5.74) is 4.99. The fourth-order valence-electron chi connectivity index (χ4n) is 3.37. The van der Waals surface area contributed by atoms with Crippen LogP contribution in [0.25, 0.3) is 0 Å². The Hall–Kier alpha value is -2.44. The van der Waals surface area contributed by atoms with Gasteiger partial charge in [0.15, 0.2) is 0 Å². The number of nitrogens with one attached hydrogen (secondary N) is 2. The summed E-state index contributed by atoms with van der Waals surface area (Å²) in [7, 11) is 0. The van der Waals surface area contributed by atoms with Gasteiger partial charge in [-0.2, -0.15) is 11.3 Å². The van der Waals surface area contributed by atoms with Gasteiger partial charge in [-0.15, -0.1) is 11.3 Å². The van der Waals surface area contributed by atoms with Gasteiger partial charge < -0.3 is 10.6 Å². The lowest BCUT2D eigenvalue weighted by molar-refractivity contribution is -0.116. The average Bonchev–Trinajstić information content (AvgIpc) is 3.25. The van der Waals surface area contributed by atoms with Gasteiger partial charge >= 0.3 is 0 Å². The largest absolute Gasteiger partial charge is 0.321 e. The number of amides is 2. The number of hydrogen-bond acceptors (Lipinski definition) is 4. The number of carbonyl (C=O) groups is 2. The van der Waals surface area contributed by atoms with Gasteiger partial charge in [-0.1, -0.05) is 18.2 Å². The van der Waals surface area contributed by atoms with E-state index in [0.29, 0.717) is 11.3 Å². The third-order valence-corrected chi connectivity index (χ3v) is 6.65. The summed E-state index contributed by atoms with van der Waals surface area (Å²) < 4.78 is 0. The van der Waals surface area contributed by atoms with Gasteiger partial charge in [-0.05, 0) is 59.0 Å². The molecule has 6 heteroatoms. The van der Waals surface area contributed by atoms with Gasteiger partial charge in [0.05, 0.1) is 9.88 Å². The van der Waals surface area contributed by atoms with Gasteiger partial charge in [0.25, 0.3) is 5.91 Å². The van der Waals surface area contributed by atoms with Crippen molar-refractivity contribution in [3.63, 3.8) is 0 Å². The Morgan fingerprint density at radius 3 is 2.77 bits per heavy atom. The maximum absolute atomic E-state index is 12.9. The van der Waals surface area contributed by atoms with E-state index in [2.05, 4.69) is 22.1 Å². The van der Waals surface area contributed by atoms with Crippen molar-refractivity contribution in [2.24, 2.45) is 0 Å². The molecule has 0 bridgehead atoms. The standard InChI is InChI=1S/C20H18N2O2S2/c1-11-5-3-4-6-15(11)21-19(24)18-12(2)17-14(13-7-8-25-10-13)9-16(23)22-20(17)26-18/h3-8,10,14H,9H2,1-2H3,(H,21,24)(H,22,23)/t14-/m1/s1. The second kappa shape index (κ2) is 6.70. The van der Waals surface area contributed by atoms with E-state index < -0.39 is 0 Å². The maximum Gasteiger partial charge on any atom is 0.266 e. The summed E-state index contributed by atoms with van der Waals surface area (Å²) in [5, 5.41) is 10.8. The summed E-state index contributed by atoms with van der Waals surface area (Å²) in [4.78, 5) is 25.7. The fraction of sp³-hybridized carbons (Fsp3) is 0.200. The van der Waals surface area contributed by atoms with Crippen molar-refractivity contribution in [2.45, 2.75) is 26.2 Å². The predicted molar refractivity (Wildman–Crippen MR) is 108 cm³/mol. The first-order valence-corrected chi connectivity index (χ1v) is 10.1. The molecule has 4 nitrogen and oxygen atoms in total. The number of para-hydroxylation sites is 1. The van der Waals surface area contributed by atoms with Crippen molar-refractivity contribution >= 4 is 45.2 Å². The molecule has 3 heterocycles. The molecule has 1 atom stereocenters. The monoisotopic (exact) mass is 382 g/mol. The van der Waals surface area contributed by atoms with Crippen molar-refractivity contribution in [3.05, 3.63) is 68.2 Å². The molecular weight excluding hydrogens is 364 g/mol. The molecule has 4 rings (SSSR count). The Balaban J connectivity index is 1.71. The summed E-state index contributed by atoms with van der Waals surface area (Å²) >= 11 is 2.98. The molecule has 0 spiro atoms. The number of anilines is 2. The number of rotatable bonds is 3. The number of fused-ring (bicyclic) bond motifs is 1. The van der Waals surface area contributed by atoms with Crippen molar-refractivity contribution in [2.75, 3.05) is 10.6 Å². The third-order valence-electron chi connectivity index (χ3n) is 4.73. The van der Waals surface area contributed by atoms with E-state index in [0.717, 1.165) is 32.9 Å². The van der Waals surface area contributed by atoms with E-state index in [9.17, 15) is 9.59 Å². The number of benzene rings is 1. The number of hydrogen-bond donors (Lipinski definition) is 2. The van der Waals surface area contributed by atoms with E-state index in [1.165, 1.54) is 11.3 Å². The van der Waals surface area contributed by atoms with Crippen molar-refractivity contribution < 1.29 is 9.59 Å². The number of carbonyl (C=O) groups excluding carboxylic acids is 2. The van der Waals surface area contributed by atoms with Crippen molar-refractivity contribution in [1.29, 1.82) is 0 Å². The third kappa shape index (κ3) is 2.95. The molecule has 2 amide bonds. The zero-order valence-corrected chi connectivity index (χ0v) is 16.1. The van der Waals surface area contributed by atoms with Crippen LogP contribution in [0.3, 0.4) is 0 Å². The molecule has 0 radical (unpaired) electrons. The fourth-order valence-corrected chi connectivity index (χ4v) is 5.27. The van der Waals surface area contributed by atoms with Crippen LogP contribution in [0.2, 0.25) is 0 Å². The van der Waals surface area contributed by atoms with Gasteiger partial charge in [0, 0.05) is 18.0 Å². The molecule has 0 unspecified atom stereocenters. The lowest BCUT2D eigenvalue weighted by Crippen LogP contribution is -2.22. The molecule has 1 aromatic carbocycles. The molecule has 0 saturated heterocycles. The van der Waals surface area contributed by atoms with Crippen LogP contribution in [0.5, 0.6) is 0 Å². The van der Waals surface area contributed by atoms with E-state index in [1.807, 2.05) is 43.5 Å². The first-order chi connectivity index (χ1) is 12.5. The zero-order chi connectivity index (χ0) is 18.3. The van der Waals surface area contributed by atoms with Crippen LogP contribution in [0.15, 0.2) is 41.1 Å². The number of thiophene rings is 2. The summed E-state index contributed by atoms with van der Waals surface area (Å²) in [5.74, 6) is -0.114. The molecule has 26 heavy (non-hydrogen) atoms. The molecule has 2 N–H and O–H groups in total. The minimum absolute atomic E-state index is 0.000752. The second-order valence-corrected chi connectivity index (χ2v) is 8.23. The Labute approximate surface area is 159 Å². The zero-order valence-electron chi connectivity index (χ0n) is 14.5. The molecule has 0 aliphatic carbocycles. The van der Waals surface area contributed by atoms with E-state index >= 15 is 0 Å². The lowest BCUT2D eigenvalue weighted by Gasteiger charge is -2.23. The quantitative estimate of drug-likeness (QED) is 0.658. The Bertz CT molecular complexity index is 989. The first kappa shape index (κ1) is 17.0. The molecule has 1 aliphatic rings. The van der Waals surface area contributed by atoms with Gasteiger partial charge in [0.1, 0.15) is 0 Å². The molecular formula is C20H18N2O2S2. The topological polar surface area (TPSA) is 58.2 Å². The highest BCUT2D eigenvalue weighted by atomic mass is 32.1. The molecule has 3 aromatic rings. The van der Waals surface area contributed by atoms with Crippen LogP contribution < -0.4 is 10.6 Å². The van der Waals surface area contributed by atoms with E-state index in [4.69, 9.17) is 0 Å². The van der Waals surface area contributed by atoms with Crippen LogP contribution in [0.4, 0.5) is 10.7 Å². The smallest absolute Gasteiger partial charge is 0.266 e. The minimum atomic E-state index is -0.130. The van der Waals surface area contributed by atoms with Crippen LogP contribution in [0.1, 0.15) is 44.3 Å². The van der Waals surface area contributed by atoms with Crippen LogP contribution in [0, 0.1) is 13.8 Å². The Kier molecular flexibility index (Phi) is 4.38. The number of aryl methyl sites for hydroxylation is 1. The highest BCUT2D eigenvalue weighted by molar-refractivity contribution is 7.18. The Morgan fingerprint density at radius 1 is 1.23 bits per heavy atom. The minimum Gasteiger partial charge on any atom is -0.321 e. The molecule has 0 saturated carbocycles. The van der Waals surface area contributed by atoms with Crippen LogP contribution >= 0.6 is 22.7 Å². The van der Waals surface area contributed by atoms with Crippen molar-refractivity contribution in [1.82, 2.24) is 0 Å². The first-order valence-electron chi connectivity index (χ1n) is 8.37. The predicted octanol–water partition coefficient (Wildman–Crippen LogP) is 5.15. The molecule has 2 aromatic heterocycles. The van der Waals surface area contributed by atoms with E-state index in [-0.39, 0.29) is 17.7 Å². The van der Waals surface area contributed by atoms with Crippen LogP contribution in [-0.4, -0.2) is 11.8 Å². The van der Waals surface area contributed by atoms with Crippen LogP contribution in [-0.2, 0) is 4.79 Å². The molecule has 0 fully saturated rings. The normalized spacial score (nSPS) is 16.1. The van der Waals surface area contributed by atoms with Gasteiger partial charge in [0.2, 0.25) is 5.91 Å². The SMILES string of the molecule is Cc1ccccc1NC(=O)c1sc2c(c1C)[C@@H](c1ccsc1)CC(=O)N2. The highest BCUT2D eigenvalue weighted by Gasteiger charge is 2.33. The van der Waals surface area contributed by atoms with Crippen molar-refractivity contribution in [3.8, 4) is 0 Å². The van der Waals surface area contributed by atoms with E-state index in [1.54, 1.807) is 11.3 Å². The summed E-state index contributed by atoms with van der Waals surface area (Å²) in [6, 6.07) is 9.77. The second-order valence-electron chi connectivity index (χ2n) is 6.43. The molecule has 132 valence electrons. The summed E-state index contributed by atoms with van der Waals surface area (Å²) in [6.07, 6.45) is 0.417. The highest BCUT2D eigenvalue weighted by Crippen LogP contribution is 2.45. The molecule has 1 aliphatic heterocycles. The average molecular weight is 383 g/mol. The maximum atomic E-state index is 12.9. The van der Waals surface area contributed by atoms with Gasteiger partial charge in [-0.25, -0.2) is 0 Å².